The number of aromatic hydroxyl groups is 1. The zero-order valence-corrected chi connectivity index (χ0v) is 12.0. The molecule has 0 radical (unpaired) electrons. The molecule has 0 atom stereocenters. The van der Waals surface area contributed by atoms with Crippen LogP contribution in [0.4, 0.5) is 17.1 Å². The molecule has 0 aliphatic rings. The minimum atomic E-state index is -0.653. The van der Waals surface area contributed by atoms with Gasteiger partial charge in [0, 0.05) is 6.07 Å². The van der Waals surface area contributed by atoms with Gasteiger partial charge in [0.2, 0.25) is 0 Å². The molecule has 2 aromatic rings. The van der Waals surface area contributed by atoms with Gasteiger partial charge in [-0.1, -0.05) is 12.1 Å². The van der Waals surface area contributed by atoms with Crippen LogP contribution >= 0.6 is 0 Å². The molecule has 22 heavy (non-hydrogen) atoms. The van der Waals surface area contributed by atoms with Gasteiger partial charge in [-0.15, -0.1) is 0 Å². The summed E-state index contributed by atoms with van der Waals surface area (Å²) in [4.78, 5) is 22.3. The second kappa shape index (κ2) is 6.13. The molecule has 0 saturated heterocycles. The fourth-order valence-electron chi connectivity index (χ4n) is 2.04. The predicted octanol–water partition coefficient (Wildman–Crippen LogP) is 3.14. The third-order valence-corrected chi connectivity index (χ3v) is 3.03. The van der Waals surface area contributed by atoms with Crippen LogP contribution in [-0.4, -0.2) is 23.1 Å². The SMILES string of the molecule is COC(=O)c1cc(C)cc(O)c1Nc1ccccc1[N+](=O)[O-]. The van der Waals surface area contributed by atoms with Gasteiger partial charge in [-0.3, -0.25) is 10.1 Å². The number of ether oxygens (including phenoxy) is 1. The Morgan fingerprint density at radius 3 is 2.64 bits per heavy atom. The zero-order chi connectivity index (χ0) is 16.3. The predicted molar refractivity (Wildman–Crippen MR) is 80.6 cm³/mol. The average Bonchev–Trinajstić information content (AvgIpc) is 2.49. The lowest BCUT2D eigenvalue weighted by atomic mass is 10.1. The minimum Gasteiger partial charge on any atom is -0.506 e. The summed E-state index contributed by atoms with van der Waals surface area (Å²) >= 11 is 0. The Morgan fingerprint density at radius 2 is 2.00 bits per heavy atom. The Kier molecular flexibility index (Phi) is 4.26. The molecule has 0 spiro atoms. The van der Waals surface area contributed by atoms with Crippen molar-refractivity contribution >= 4 is 23.0 Å². The van der Waals surface area contributed by atoms with E-state index >= 15 is 0 Å². The monoisotopic (exact) mass is 302 g/mol. The topological polar surface area (TPSA) is 102 Å². The number of anilines is 2. The van der Waals surface area contributed by atoms with E-state index in [1.165, 1.54) is 37.4 Å². The fraction of sp³-hybridized carbons (Fsp3) is 0.133. The highest BCUT2D eigenvalue weighted by Gasteiger charge is 2.20. The van der Waals surface area contributed by atoms with E-state index < -0.39 is 10.9 Å². The highest BCUT2D eigenvalue weighted by molar-refractivity contribution is 5.98. The number of nitrogens with one attached hydrogen (secondary N) is 1. The normalized spacial score (nSPS) is 10.1. The molecule has 0 saturated carbocycles. The number of para-hydroxylation sites is 2. The number of phenolic OH excluding ortho intramolecular Hbond substituents is 1. The van der Waals surface area contributed by atoms with Crippen molar-refractivity contribution < 1.29 is 19.6 Å². The Bertz CT molecular complexity index is 743. The molecule has 2 N–H and O–H groups in total. The summed E-state index contributed by atoms with van der Waals surface area (Å²) in [6.07, 6.45) is 0. The lowest BCUT2D eigenvalue weighted by molar-refractivity contribution is -0.383. The molecule has 0 aliphatic heterocycles. The molecule has 0 unspecified atom stereocenters. The van der Waals surface area contributed by atoms with Crippen LogP contribution in [0.15, 0.2) is 36.4 Å². The molecule has 0 bridgehead atoms. The van der Waals surface area contributed by atoms with E-state index in [2.05, 4.69) is 10.1 Å². The van der Waals surface area contributed by atoms with E-state index in [0.29, 0.717) is 5.56 Å². The van der Waals surface area contributed by atoms with Crippen LogP contribution in [0.2, 0.25) is 0 Å². The van der Waals surface area contributed by atoms with Gasteiger partial charge in [-0.05, 0) is 30.7 Å². The van der Waals surface area contributed by atoms with Crippen LogP contribution < -0.4 is 5.32 Å². The van der Waals surface area contributed by atoms with Crippen molar-refractivity contribution in [2.45, 2.75) is 6.92 Å². The van der Waals surface area contributed by atoms with Crippen molar-refractivity contribution in [2.75, 3.05) is 12.4 Å². The van der Waals surface area contributed by atoms with Crippen LogP contribution in [-0.2, 0) is 4.74 Å². The third-order valence-electron chi connectivity index (χ3n) is 3.03. The quantitative estimate of drug-likeness (QED) is 0.389. The van der Waals surface area contributed by atoms with Gasteiger partial charge >= 0.3 is 5.97 Å². The maximum Gasteiger partial charge on any atom is 0.340 e. The number of methoxy groups -OCH3 is 1. The molecule has 2 aromatic carbocycles. The van der Waals surface area contributed by atoms with Crippen LogP contribution in [0.3, 0.4) is 0 Å². The van der Waals surface area contributed by atoms with Gasteiger partial charge in [-0.25, -0.2) is 4.79 Å². The van der Waals surface area contributed by atoms with Gasteiger partial charge in [-0.2, -0.15) is 0 Å². The number of carbonyl (C=O) groups is 1. The molecule has 2 rings (SSSR count). The number of nitro groups is 1. The molecule has 7 nitrogen and oxygen atoms in total. The second-order valence-corrected chi connectivity index (χ2v) is 4.60. The Hall–Kier alpha value is -3.09. The van der Waals surface area contributed by atoms with Crippen molar-refractivity contribution in [3.63, 3.8) is 0 Å². The number of aryl methyl sites for hydroxylation is 1. The Morgan fingerprint density at radius 1 is 1.32 bits per heavy atom. The number of nitrogens with zero attached hydrogens (tertiary/aromatic N) is 1. The van der Waals surface area contributed by atoms with Crippen molar-refractivity contribution in [1.29, 1.82) is 0 Å². The summed E-state index contributed by atoms with van der Waals surface area (Å²) in [5.74, 6) is -0.848. The minimum absolute atomic E-state index is 0.0618. The molecule has 7 heteroatoms. The number of hydrogen-bond donors (Lipinski definition) is 2. The first-order chi connectivity index (χ1) is 10.4. The second-order valence-electron chi connectivity index (χ2n) is 4.60. The maximum atomic E-state index is 11.8. The molecule has 0 amide bonds. The smallest absolute Gasteiger partial charge is 0.340 e. The summed E-state index contributed by atoms with van der Waals surface area (Å²) in [5.41, 5.74) is 0.811. The van der Waals surface area contributed by atoms with Gasteiger partial charge in [0.25, 0.3) is 5.69 Å². The first-order valence-electron chi connectivity index (χ1n) is 6.36. The van der Waals surface area contributed by atoms with Crippen molar-refractivity contribution in [1.82, 2.24) is 0 Å². The van der Waals surface area contributed by atoms with E-state index in [0.717, 1.165) is 0 Å². The van der Waals surface area contributed by atoms with E-state index in [1.54, 1.807) is 13.0 Å². The van der Waals surface area contributed by atoms with Gasteiger partial charge < -0.3 is 15.2 Å². The average molecular weight is 302 g/mol. The number of carbonyl (C=O) groups excluding carboxylic acids is 1. The van der Waals surface area contributed by atoms with Crippen LogP contribution in [0, 0.1) is 17.0 Å². The highest BCUT2D eigenvalue weighted by Crippen LogP contribution is 2.35. The summed E-state index contributed by atoms with van der Waals surface area (Å²) in [7, 11) is 1.22. The third kappa shape index (κ3) is 2.98. The van der Waals surface area contributed by atoms with Crippen molar-refractivity contribution in [3.05, 3.63) is 57.6 Å². The largest absolute Gasteiger partial charge is 0.506 e. The lowest BCUT2D eigenvalue weighted by Crippen LogP contribution is -2.07. The molecule has 0 fully saturated rings. The molecule has 0 aromatic heterocycles. The number of phenols is 1. The molecular formula is C15H14N2O5. The standard InChI is InChI=1S/C15H14N2O5/c1-9-7-10(15(19)22-2)14(13(18)8-9)16-11-5-3-4-6-12(11)17(20)21/h3-8,16,18H,1-2H3. The Balaban J connectivity index is 2.55. The Labute approximate surface area is 126 Å². The number of benzene rings is 2. The first kappa shape index (κ1) is 15.3. The number of hydrogen-bond acceptors (Lipinski definition) is 6. The number of esters is 1. The van der Waals surface area contributed by atoms with Gasteiger partial charge in [0.15, 0.2) is 0 Å². The van der Waals surface area contributed by atoms with E-state index in [4.69, 9.17) is 0 Å². The highest BCUT2D eigenvalue weighted by atomic mass is 16.6. The number of nitro benzene ring substituents is 1. The molecular weight excluding hydrogens is 288 g/mol. The van der Waals surface area contributed by atoms with Crippen molar-refractivity contribution in [3.8, 4) is 5.75 Å². The van der Waals surface area contributed by atoms with Crippen LogP contribution in [0.1, 0.15) is 15.9 Å². The molecule has 0 heterocycles. The van der Waals surface area contributed by atoms with E-state index in [-0.39, 0.29) is 28.4 Å². The van der Waals surface area contributed by atoms with Crippen LogP contribution in [0.5, 0.6) is 5.75 Å². The van der Waals surface area contributed by atoms with Crippen molar-refractivity contribution in [2.24, 2.45) is 0 Å². The maximum absolute atomic E-state index is 11.8. The van der Waals surface area contributed by atoms with Gasteiger partial charge in [0.1, 0.15) is 11.4 Å². The van der Waals surface area contributed by atoms with E-state index in [1.807, 2.05) is 0 Å². The number of rotatable bonds is 4. The summed E-state index contributed by atoms with van der Waals surface area (Å²) in [6.45, 7) is 1.71. The molecule has 0 aliphatic carbocycles. The molecule has 114 valence electrons. The summed E-state index contributed by atoms with van der Waals surface area (Å²) < 4.78 is 4.68. The van der Waals surface area contributed by atoms with Gasteiger partial charge in [0.05, 0.1) is 23.3 Å². The zero-order valence-electron chi connectivity index (χ0n) is 12.0. The van der Waals surface area contributed by atoms with E-state index in [9.17, 15) is 20.0 Å². The fourth-order valence-corrected chi connectivity index (χ4v) is 2.04. The van der Waals surface area contributed by atoms with Crippen LogP contribution in [0.25, 0.3) is 0 Å². The summed E-state index contributed by atoms with van der Waals surface area (Å²) in [5, 5.41) is 23.8. The first-order valence-corrected chi connectivity index (χ1v) is 6.36. The summed E-state index contributed by atoms with van der Waals surface area (Å²) in [6, 6.07) is 8.92. The lowest BCUT2D eigenvalue weighted by Gasteiger charge is -2.13.